The normalized spacial score (nSPS) is 15.2. The zero-order valence-corrected chi connectivity index (χ0v) is 18.4. The number of rotatable bonds is 7. The molecule has 3 rings (SSSR count). The number of aromatic nitrogens is 1. The quantitative estimate of drug-likeness (QED) is 0.747. The number of ether oxygens (including phenoxy) is 2. The smallest absolute Gasteiger partial charge is 0.347 e. The number of methoxy groups -OCH3 is 1. The summed E-state index contributed by atoms with van der Waals surface area (Å²) in [7, 11) is 1.64. The van der Waals surface area contributed by atoms with Crippen molar-refractivity contribution in [3.05, 3.63) is 47.2 Å². The van der Waals surface area contributed by atoms with Crippen LogP contribution >= 0.6 is 0 Å². The number of nitrogens with zero attached hydrogens (tertiary/aromatic N) is 3. The molecule has 0 atom stereocenters. The molecule has 0 aliphatic carbocycles. The largest absolute Gasteiger partial charge is 0.495 e. The van der Waals surface area contributed by atoms with Crippen molar-refractivity contribution in [3.63, 3.8) is 0 Å². The molecule has 0 unspecified atom stereocenters. The van der Waals surface area contributed by atoms with Gasteiger partial charge < -0.3 is 19.5 Å². The second kappa shape index (κ2) is 8.92. The van der Waals surface area contributed by atoms with Gasteiger partial charge in [-0.25, -0.2) is 9.78 Å². The fourth-order valence-electron chi connectivity index (χ4n) is 3.66. The molecule has 2 aromatic rings. The highest BCUT2D eigenvalue weighted by atomic mass is 16.5. The number of piperazine rings is 1. The van der Waals surface area contributed by atoms with Crippen molar-refractivity contribution >= 4 is 11.8 Å². The number of pyridine rings is 1. The van der Waals surface area contributed by atoms with Gasteiger partial charge in [0, 0.05) is 32.7 Å². The Hall–Kier alpha value is -2.80. The van der Waals surface area contributed by atoms with E-state index in [0.717, 1.165) is 55.4 Å². The van der Waals surface area contributed by atoms with Gasteiger partial charge in [0.1, 0.15) is 17.3 Å². The van der Waals surface area contributed by atoms with Gasteiger partial charge in [0.15, 0.2) is 5.60 Å². The van der Waals surface area contributed by atoms with E-state index in [4.69, 9.17) is 9.47 Å². The third-order valence-electron chi connectivity index (χ3n) is 5.45. The Balaban J connectivity index is 1.61. The first kappa shape index (κ1) is 21.9. The second-order valence-corrected chi connectivity index (χ2v) is 8.30. The zero-order valence-electron chi connectivity index (χ0n) is 18.4. The lowest BCUT2D eigenvalue weighted by atomic mass is 10.0. The minimum atomic E-state index is -1.26. The van der Waals surface area contributed by atoms with Gasteiger partial charge in [0.2, 0.25) is 0 Å². The van der Waals surface area contributed by atoms with E-state index in [1.54, 1.807) is 27.2 Å². The molecule has 30 heavy (non-hydrogen) atoms. The van der Waals surface area contributed by atoms with Crippen LogP contribution in [0.2, 0.25) is 0 Å². The Labute approximate surface area is 178 Å². The second-order valence-electron chi connectivity index (χ2n) is 8.30. The van der Waals surface area contributed by atoms with Crippen LogP contribution < -0.4 is 14.4 Å². The summed E-state index contributed by atoms with van der Waals surface area (Å²) in [6.45, 7) is 11.7. The molecule has 1 aromatic carbocycles. The summed E-state index contributed by atoms with van der Waals surface area (Å²) in [5, 5.41) is 9.34. The third kappa shape index (κ3) is 5.02. The SMILES string of the molecule is COc1ccc(N2CCN(Cc3cc(C)c(OC(C)(C)C(=O)O)c(C)c3)CC2)nc1. The van der Waals surface area contributed by atoms with E-state index in [1.807, 2.05) is 26.0 Å². The molecule has 162 valence electrons. The predicted molar refractivity (Wildman–Crippen MR) is 117 cm³/mol. The third-order valence-corrected chi connectivity index (χ3v) is 5.45. The molecule has 7 nitrogen and oxygen atoms in total. The molecule has 0 radical (unpaired) electrons. The van der Waals surface area contributed by atoms with E-state index < -0.39 is 11.6 Å². The molecule has 1 fully saturated rings. The van der Waals surface area contributed by atoms with Crippen molar-refractivity contribution in [1.29, 1.82) is 0 Å². The first-order chi connectivity index (χ1) is 14.2. The number of benzene rings is 1. The number of hydrogen-bond donors (Lipinski definition) is 1. The van der Waals surface area contributed by atoms with Gasteiger partial charge in [-0.1, -0.05) is 12.1 Å². The summed E-state index contributed by atoms with van der Waals surface area (Å²) in [6, 6.07) is 8.13. The van der Waals surface area contributed by atoms with Crippen LogP contribution in [0.5, 0.6) is 11.5 Å². The Kier molecular flexibility index (Phi) is 6.51. The van der Waals surface area contributed by atoms with Gasteiger partial charge in [0.25, 0.3) is 0 Å². The summed E-state index contributed by atoms with van der Waals surface area (Å²) >= 11 is 0. The zero-order chi connectivity index (χ0) is 21.9. The molecule has 0 saturated carbocycles. The molecule has 2 heterocycles. The lowest BCUT2D eigenvalue weighted by Gasteiger charge is -2.35. The molecular formula is C23H31N3O4. The van der Waals surface area contributed by atoms with Crippen LogP contribution in [0.25, 0.3) is 0 Å². The maximum Gasteiger partial charge on any atom is 0.347 e. The van der Waals surface area contributed by atoms with Crippen molar-refractivity contribution < 1.29 is 19.4 Å². The molecule has 0 amide bonds. The van der Waals surface area contributed by atoms with Crippen molar-refractivity contribution in [3.8, 4) is 11.5 Å². The highest BCUT2D eigenvalue weighted by molar-refractivity contribution is 5.77. The van der Waals surface area contributed by atoms with E-state index >= 15 is 0 Å². The standard InChI is InChI=1S/C23H31N3O4/c1-16-12-18(13-17(2)21(16)30-23(3,4)22(27)28)15-25-8-10-26(11-9-25)20-7-6-19(29-5)14-24-20/h6-7,12-14H,8-11,15H2,1-5H3,(H,27,28). The molecule has 7 heteroatoms. The van der Waals surface area contributed by atoms with E-state index in [0.29, 0.717) is 5.75 Å². The highest BCUT2D eigenvalue weighted by Crippen LogP contribution is 2.29. The van der Waals surface area contributed by atoms with Crippen LogP contribution in [0, 0.1) is 13.8 Å². The number of carboxylic acid groups (broad SMARTS) is 1. The van der Waals surface area contributed by atoms with Crippen molar-refractivity contribution in [2.24, 2.45) is 0 Å². The van der Waals surface area contributed by atoms with E-state index in [9.17, 15) is 9.90 Å². The van der Waals surface area contributed by atoms with Gasteiger partial charge in [-0.2, -0.15) is 0 Å². The van der Waals surface area contributed by atoms with Gasteiger partial charge in [-0.3, -0.25) is 4.90 Å². The molecule has 1 aliphatic rings. The molecule has 1 aliphatic heterocycles. The fraction of sp³-hybridized carbons (Fsp3) is 0.478. The minimum absolute atomic E-state index is 0.654. The maximum absolute atomic E-state index is 11.4. The predicted octanol–water partition coefficient (Wildman–Crippen LogP) is 3.27. The van der Waals surface area contributed by atoms with Crippen LogP contribution in [0.4, 0.5) is 5.82 Å². The maximum atomic E-state index is 11.4. The van der Waals surface area contributed by atoms with Crippen LogP contribution in [0.15, 0.2) is 30.5 Å². The summed E-state index contributed by atoms with van der Waals surface area (Å²) in [5.41, 5.74) is 1.87. The number of aryl methyl sites for hydroxylation is 2. The summed E-state index contributed by atoms with van der Waals surface area (Å²) < 4.78 is 11.0. The number of carbonyl (C=O) groups is 1. The fourth-order valence-corrected chi connectivity index (χ4v) is 3.66. The molecule has 0 bridgehead atoms. The van der Waals surface area contributed by atoms with E-state index in [1.165, 1.54) is 5.56 Å². The van der Waals surface area contributed by atoms with Crippen LogP contribution in [0.3, 0.4) is 0 Å². The molecule has 1 aromatic heterocycles. The number of carboxylic acids is 1. The van der Waals surface area contributed by atoms with Gasteiger partial charge in [-0.15, -0.1) is 0 Å². The Bertz CT molecular complexity index is 865. The Morgan fingerprint density at radius 2 is 1.77 bits per heavy atom. The van der Waals surface area contributed by atoms with E-state index in [2.05, 4.69) is 26.9 Å². The number of aliphatic carboxylic acids is 1. The average Bonchev–Trinajstić information content (AvgIpc) is 2.71. The Morgan fingerprint density at radius 1 is 1.13 bits per heavy atom. The monoisotopic (exact) mass is 413 g/mol. The molecule has 1 saturated heterocycles. The lowest BCUT2D eigenvalue weighted by molar-refractivity contribution is -0.152. The summed E-state index contributed by atoms with van der Waals surface area (Å²) in [5.74, 6) is 1.42. The van der Waals surface area contributed by atoms with E-state index in [-0.39, 0.29) is 0 Å². The minimum Gasteiger partial charge on any atom is -0.495 e. The van der Waals surface area contributed by atoms with Crippen molar-refractivity contribution in [1.82, 2.24) is 9.88 Å². The summed E-state index contributed by atoms with van der Waals surface area (Å²) in [4.78, 5) is 20.6. The van der Waals surface area contributed by atoms with Gasteiger partial charge in [-0.05, 0) is 56.5 Å². The average molecular weight is 414 g/mol. The molecule has 1 N–H and O–H groups in total. The lowest BCUT2D eigenvalue weighted by Crippen LogP contribution is -2.46. The van der Waals surface area contributed by atoms with Gasteiger partial charge in [0.05, 0.1) is 13.3 Å². The Morgan fingerprint density at radius 3 is 2.27 bits per heavy atom. The highest BCUT2D eigenvalue weighted by Gasteiger charge is 2.30. The van der Waals surface area contributed by atoms with Crippen molar-refractivity contribution in [2.45, 2.75) is 39.8 Å². The topological polar surface area (TPSA) is 75.1 Å². The van der Waals surface area contributed by atoms with Crippen LogP contribution in [-0.4, -0.2) is 59.8 Å². The summed E-state index contributed by atoms with van der Waals surface area (Å²) in [6.07, 6.45) is 1.75. The first-order valence-electron chi connectivity index (χ1n) is 10.2. The number of hydrogen-bond acceptors (Lipinski definition) is 6. The van der Waals surface area contributed by atoms with Gasteiger partial charge >= 0.3 is 5.97 Å². The number of anilines is 1. The molecular weight excluding hydrogens is 382 g/mol. The first-order valence-corrected chi connectivity index (χ1v) is 10.2. The molecule has 0 spiro atoms. The van der Waals surface area contributed by atoms with Crippen LogP contribution in [0.1, 0.15) is 30.5 Å². The van der Waals surface area contributed by atoms with Crippen molar-refractivity contribution in [2.75, 3.05) is 38.2 Å². The van der Waals surface area contributed by atoms with Crippen LogP contribution in [-0.2, 0) is 11.3 Å².